The minimum absolute atomic E-state index is 0.197. The van der Waals surface area contributed by atoms with Gasteiger partial charge in [0.15, 0.2) is 0 Å². The summed E-state index contributed by atoms with van der Waals surface area (Å²) < 4.78 is 38.3. The molecule has 0 saturated heterocycles. The van der Waals surface area contributed by atoms with E-state index in [1.165, 1.54) is 24.1 Å². The lowest BCUT2D eigenvalue weighted by molar-refractivity contribution is -0.138. The third kappa shape index (κ3) is 4.24. The highest BCUT2D eigenvalue weighted by molar-refractivity contribution is 5.95. The fourth-order valence-corrected chi connectivity index (χ4v) is 1.60. The SMILES string of the molecule is CC(O)CCN(C)C(=O)c1ccccc1C(F)(F)F. The molecule has 0 aliphatic rings. The lowest BCUT2D eigenvalue weighted by Crippen LogP contribution is -2.31. The normalized spacial score (nSPS) is 13.2. The van der Waals surface area contributed by atoms with Crippen LogP contribution in [0.3, 0.4) is 0 Å². The van der Waals surface area contributed by atoms with Gasteiger partial charge < -0.3 is 10.0 Å². The van der Waals surface area contributed by atoms with Crippen molar-refractivity contribution >= 4 is 5.91 Å². The highest BCUT2D eigenvalue weighted by atomic mass is 19.4. The Morgan fingerprint density at radius 2 is 1.95 bits per heavy atom. The molecule has 1 N–H and O–H groups in total. The summed E-state index contributed by atoms with van der Waals surface area (Å²) in [7, 11) is 1.41. The van der Waals surface area contributed by atoms with Gasteiger partial charge in [-0.05, 0) is 25.5 Å². The highest BCUT2D eigenvalue weighted by Gasteiger charge is 2.35. The molecule has 0 aromatic heterocycles. The molecule has 0 fully saturated rings. The molecule has 0 bridgehead atoms. The van der Waals surface area contributed by atoms with Crippen LogP contribution in [0.25, 0.3) is 0 Å². The first-order valence-corrected chi connectivity index (χ1v) is 5.83. The standard InChI is InChI=1S/C13H16F3NO2/c1-9(18)7-8-17(2)12(19)10-5-3-4-6-11(10)13(14,15)16/h3-6,9,18H,7-8H2,1-2H3. The molecule has 0 spiro atoms. The van der Waals surface area contributed by atoms with E-state index in [1.807, 2.05) is 0 Å². The van der Waals surface area contributed by atoms with Crippen LogP contribution in [0, 0.1) is 0 Å². The lowest BCUT2D eigenvalue weighted by atomic mass is 10.1. The van der Waals surface area contributed by atoms with Gasteiger partial charge in [0.1, 0.15) is 0 Å². The Morgan fingerprint density at radius 1 is 1.37 bits per heavy atom. The summed E-state index contributed by atoms with van der Waals surface area (Å²) in [6, 6.07) is 4.68. The molecule has 106 valence electrons. The highest BCUT2D eigenvalue weighted by Crippen LogP contribution is 2.32. The summed E-state index contributed by atoms with van der Waals surface area (Å²) in [5.74, 6) is -0.700. The Bertz CT molecular complexity index is 444. The van der Waals surface area contributed by atoms with E-state index >= 15 is 0 Å². The zero-order valence-corrected chi connectivity index (χ0v) is 10.7. The average Bonchev–Trinajstić information content (AvgIpc) is 2.34. The number of carbonyl (C=O) groups is 1. The van der Waals surface area contributed by atoms with E-state index in [9.17, 15) is 18.0 Å². The fourth-order valence-electron chi connectivity index (χ4n) is 1.60. The van der Waals surface area contributed by atoms with Gasteiger partial charge in [0.25, 0.3) is 5.91 Å². The van der Waals surface area contributed by atoms with Crippen LogP contribution in [0.5, 0.6) is 0 Å². The van der Waals surface area contributed by atoms with E-state index < -0.39 is 23.8 Å². The lowest BCUT2D eigenvalue weighted by Gasteiger charge is -2.20. The van der Waals surface area contributed by atoms with Gasteiger partial charge in [-0.25, -0.2) is 0 Å². The second-order valence-corrected chi connectivity index (χ2v) is 4.41. The molecule has 6 heteroatoms. The van der Waals surface area contributed by atoms with Gasteiger partial charge in [-0.15, -0.1) is 0 Å². The Hall–Kier alpha value is -1.56. The molecule has 0 radical (unpaired) electrons. The predicted octanol–water partition coefficient (Wildman–Crippen LogP) is 2.55. The summed E-state index contributed by atoms with van der Waals surface area (Å²) in [4.78, 5) is 13.1. The molecular formula is C13H16F3NO2. The molecule has 3 nitrogen and oxygen atoms in total. The second kappa shape index (κ2) is 6.06. The van der Waals surface area contributed by atoms with Crippen LogP contribution in [-0.2, 0) is 6.18 Å². The first-order valence-electron chi connectivity index (χ1n) is 5.83. The van der Waals surface area contributed by atoms with Gasteiger partial charge in [-0.3, -0.25) is 4.79 Å². The topological polar surface area (TPSA) is 40.5 Å². The largest absolute Gasteiger partial charge is 0.417 e. The third-order valence-electron chi connectivity index (χ3n) is 2.69. The number of hydrogen-bond acceptors (Lipinski definition) is 2. The summed E-state index contributed by atoms with van der Waals surface area (Å²) in [5, 5.41) is 9.12. The summed E-state index contributed by atoms with van der Waals surface area (Å²) in [5.41, 5.74) is -1.31. The molecule has 1 unspecified atom stereocenters. The molecule has 0 saturated carbocycles. The van der Waals surface area contributed by atoms with Crippen LogP contribution in [0.4, 0.5) is 13.2 Å². The minimum atomic E-state index is -4.56. The maximum atomic E-state index is 12.8. The molecule has 1 rings (SSSR count). The van der Waals surface area contributed by atoms with E-state index in [4.69, 9.17) is 5.11 Å². The van der Waals surface area contributed by atoms with Crippen molar-refractivity contribution in [2.45, 2.75) is 25.6 Å². The van der Waals surface area contributed by atoms with E-state index in [1.54, 1.807) is 6.92 Å². The van der Waals surface area contributed by atoms with E-state index in [-0.39, 0.29) is 12.1 Å². The van der Waals surface area contributed by atoms with E-state index in [2.05, 4.69) is 0 Å². The number of aliphatic hydroxyl groups is 1. The number of alkyl halides is 3. The van der Waals surface area contributed by atoms with Crippen molar-refractivity contribution < 1.29 is 23.1 Å². The molecule has 1 atom stereocenters. The number of hydrogen-bond donors (Lipinski definition) is 1. The second-order valence-electron chi connectivity index (χ2n) is 4.41. The Labute approximate surface area is 109 Å². The van der Waals surface area contributed by atoms with Gasteiger partial charge in [0.05, 0.1) is 17.2 Å². The third-order valence-corrected chi connectivity index (χ3v) is 2.69. The van der Waals surface area contributed by atoms with Crippen LogP contribution in [0.15, 0.2) is 24.3 Å². The van der Waals surface area contributed by atoms with Crippen molar-refractivity contribution in [1.82, 2.24) is 4.90 Å². The maximum absolute atomic E-state index is 12.8. The number of amides is 1. The number of carbonyl (C=O) groups excluding carboxylic acids is 1. The van der Waals surface area contributed by atoms with Crippen molar-refractivity contribution in [3.05, 3.63) is 35.4 Å². The molecule has 1 aromatic rings. The summed E-state index contributed by atoms with van der Waals surface area (Å²) in [6.07, 6.45) is -4.85. The van der Waals surface area contributed by atoms with E-state index in [0.717, 1.165) is 12.1 Å². The quantitative estimate of drug-likeness (QED) is 0.917. The predicted molar refractivity (Wildman–Crippen MR) is 64.7 cm³/mol. The molecule has 19 heavy (non-hydrogen) atoms. The number of aliphatic hydroxyl groups excluding tert-OH is 1. The monoisotopic (exact) mass is 275 g/mol. The number of benzene rings is 1. The van der Waals surface area contributed by atoms with Gasteiger partial charge in [0, 0.05) is 13.6 Å². The van der Waals surface area contributed by atoms with Crippen molar-refractivity contribution in [2.75, 3.05) is 13.6 Å². The molecule has 0 heterocycles. The van der Waals surface area contributed by atoms with Gasteiger partial charge in [-0.1, -0.05) is 12.1 Å². The number of halogens is 3. The Balaban J connectivity index is 2.94. The summed E-state index contributed by atoms with van der Waals surface area (Å²) in [6.45, 7) is 1.75. The average molecular weight is 275 g/mol. The van der Waals surface area contributed by atoms with Crippen LogP contribution in [0.2, 0.25) is 0 Å². The first kappa shape index (κ1) is 15.5. The van der Waals surface area contributed by atoms with Crippen LogP contribution < -0.4 is 0 Å². The van der Waals surface area contributed by atoms with Crippen LogP contribution in [-0.4, -0.2) is 35.6 Å². The number of nitrogens with zero attached hydrogens (tertiary/aromatic N) is 1. The van der Waals surface area contributed by atoms with Gasteiger partial charge >= 0.3 is 6.18 Å². The molecule has 0 aliphatic heterocycles. The summed E-state index contributed by atoms with van der Waals surface area (Å²) >= 11 is 0. The van der Waals surface area contributed by atoms with E-state index in [0.29, 0.717) is 6.42 Å². The smallest absolute Gasteiger partial charge is 0.393 e. The molecule has 1 aromatic carbocycles. The number of rotatable bonds is 4. The Morgan fingerprint density at radius 3 is 2.47 bits per heavy atom. The minimum Gasteiger partial charge on any atom is -0.393 e. The molecular weight excluding hydrogens is 259 g/mol. The maximum Gasteiger partial charge on any atom is 0.417 e. The van der Waals surface area contributed by atoms with Gasteiger partial charge in [-0.2, -0.15) is 13.2 Å². The van der Waals surface area contributed by atoms with Crippen molar-refractivity contribution in [1.29, 1.82) is 0 Å². The molecule has 1 amide bonds. The Kier molecular flexibility index (Phi) is 4.94. The zero-order valence-electron chi connectivity index (χ0n) is 10.7. The van der Waals surface area contributed by atoms with Crippen LogP contribution in [0.1, 0.15) is 29.3 Å². The van der Waals surface area contributed by atoms with Gasteiger partial charge in [0.2, 0.25) is 0 Å². The first-order chi connectivity index (χ1) is 8.73. The van der Waals surface area contributed by atoms with Crippen LogP contribution >= 0.6 is 0 Å². The van der Waals surface area contributed by atoms with Crippen molar-refractivity contribution in [3.63, 3.8) is 0 Å². The fraction of sp³-hybridized carbons (Fsp3) is 0.462. The zero-order chi connectivity index (χ0) is 14.6. The molecule has 0 aliphatic carbocycles. The van der Waals surface area contributed by atoms with Crippen molar-refractivity contribution in [3.8, 4) is 0 Å². The van der Waals surface area contributed by atoms with Crippen molar-refractivity contribution in [2.24, 2.45) is 0 Å².